The number of hydrogen-bond donors (Lipinski definition) is 1. The average molecular weight is 383 g/mol. The van der Waals surface area contributed by atoms with Crippen molar-refractivity contribution in [3.05, 3.63) is 29.8 Å². The molecule has 0 bridgehead atoms. The lowest BCUT2D eigenvalue weighted by molar-refractivity contribution is -0.127. The van der Waals surface area contributed by atoms with Crippen LogP contribution in [0.5, 0.6) is 5.75 Å². The zero-order chi connectivity index (χ0) is 19.3. The molecule has 2 atom stereocenters. The summed E-state index contributed by atoms with van der Waals surface area (Å²) < 4.78 is 30.2. The van der Waals surface area contributed by atoms with Crippen molar-refractivity contribution in [3.8, 4) is 5.75 Å². The largest absolute Gasteiger partial charge is 0.497 e. The predicted octanol–water partition coefficient (Wildman–Crippen LogP) is 2.57. The van der Waals surface area contributed by atoms with Crippen LogP contribution in [0.4, 0.5) is 0 Å². The van der Waals surface area contributed by atoms with Crippen LogP contribution in [0.3, 0.4) is 0 Å². The molecule has 1 aliphatic rings. The third kappa shape index (κ3) is 5.71. The van der Waals surface area contributed by atoms with Crippen LogP contribution in [0.2, 0.25) is 0 Å². The van der Waals surface area contributed by atoms with Crippen molar-refractivity contribution < 1.29 is 17.9 Å². The molecule has 1 amide bonds. The summed E-state index contributed by atoms with van der Waals surface area (Å²) in [7, 11) is -1.64. The van der Waals surface area contributed by atoms with Gasteiger partial charge in [0.15, 0.2) is 0 Å². The van der Waals surface area contributed by atoms with Crippen LogP contribution in [0.25, 0.3) is 0 Å². The highest BCUT2D eigenvalue weighted by Gasteiger charge is 2.31. The van der Waals surface area contributed by atoms with Gasteiger partial charge in [-0.1, -0.05) is 26.0 Å². The van der Waals surface area contributed by atoms with Gasteiger partial charge in [0.1, 0.15) is 5.75 Å². The standard InChI is InChI=1S/C19H30N2O4S/c1-14(2)12-18(15-7-9-17(25-3)10-8-15)20-19(22)16-6-5-11-21(13-16)26(4,23)24/h7-10,14,16,18H,5-6,11-13H2,1-4H3,(H,20,22)/t16-,18-/m1/s1. The van der Waals surface area contributed by atoms with Gasteiger partial charge in [-0.05, 0) is 42.9 Å². The van der Waals surface area contributed by atoms with E-state index in [1.54, 1.807) is 7.11 Å². The Bertz CT molecular complexity index is 701. The Hall–Kier alpha value is -1.60. The highest BCUT2D eigenvalue weighted by atomic mass is 32.2. The Morgan fingerprint density at radius 1 is 1.31 bits per heavy atom. The zero-order valence-corrected chi connectivity index (χ0v) is 16.9. The predicted molar refractivity (Wildman–Crippen MR) is 102 cm³/mol. The molecule has 2 rings (SSSR count). The molecule has 1 saturated heterocycles. The average Bonchev–Trinajstić information content (AvgIpc) is 2.60. The number of amides is 1. The first kappa shape index (κ1) is 20.7. The first-order valence-electron chi connectivity index (χ1n) is 9.10. The molecule has 0 aromatic heterocycles. The van der Waals surface area contributed by atoms with Crippen LogP contribution < -0.4 is 10.1 Å². The van der Waals surface area contributed by atoms with Gasteiger partial charge < -0.3 is 10.1 Å². The molecular formula is C19H30N2O4S. The molecule has 1 aliphatic heterocycles. The summed E-state index contributed by atoms with van der Waals surface area (Å²) in [5, 5.41) is 3.14. The van der Waals surface area contributed by atoms with Crippen molar-refractivity contribution in [2.45, 2.75) is 39.2 Å². The van der Waals surface area contributed by atoms with Crippen LogP contribution in [0.15, 0.2) is 24.3 Å². The molecule has 0 unspecified atom stereocenters. The van der Waals surface area contributed by atoms with Crippen molar-refractivity contribution in [3.63, 3.8) is 0 Å². The van der Waals surface area contributed by atoms with E-state index < -0.39 is 10.0 Å². The molecule has 6 nitrogen and oxygen atoms in total. The van der Waals surface area contributed by atoms with Crippen LogP contribution >= 0.6 is 0 Å². The summed E-state index contributed by atoms with van der Waals surface area (Å²) in [6.45, 7) is 5.00. The summed E-state index contributed by atoms with van der Waals surface area (Å²) >= 11 is 0. The first-order chi connectivity index (χ1) is 12.2. The number of nitrogens with one attached hydrogen (secondary N) is 1. The number of carbonyl (C=O) groups excluding carboxylic acids is 1. The van der Waals surface area contributed by atoms with Gasteiger partial charge in [-0.2, -0.15) is 0 Å². The minimum atomic E-state index is -3.26. The van der Waals surface area contributed by atoms with Gasteiger partial charge >= 0.3 is 0 Å². The van der Waals surface area contributed by atoms with E-state index in [-0.39, 0.29) is 24.4 Å². The summed E-state index contributed by atoms with van der Waals surface area (Å²) in [6, 6.07) is 7.62. The third-order valence-electron chi connectivity index (χ3n) is 4.77. The summed E-state index contributed by atoms with van der Waals surface area (Å²) in [5.41, 5.74) is 1.03. The van der Waals surface area contributed by atoms with E-state index in [4.69, 9.17) is 4.74 Å². The maximum absolute atomic E-state index is 12.8. The lowest BCUT2D eigenvalue weighted by Crippen LogP contribution is -2.45. The van der Waals surface area contributed by atoms with E-state index in [1.165, 1.54) is 10.6 Å². The van der Waals surface area contributed by atoms with Crippen LogP contribution in [0.1, 0.15) is 44.7 Å². The van der Waals surface area contributed by atoms with Gasteiger partial charge in [0.25, 0.3) is 0 Å². The second-order valence-electron chi connectivity index (χ2n) is 7.42. The van der Waals surface area contributed by atoms with Gasteiger partial charge in [-0.3, -0.25) is 4.79 Å². The van der Waals surface area contributed by atoms with Crippen LogP contribution in [0, 0.1) is 11.8 Å². The molecule has 0 aliphatic carbocycles. The normalized spacial score (nSPS) is 20.0. The summed E-state index contributed by atoms with van der Waals surface area (Å²) in [6.07, 6.45) is 3.45. The van der Waals surface area contributed by atoms with Crippen LogP contribution in [-0.4, -0.2) is 45.1 Å². The highest BCUT2D eigenvalue weighted by molar-refractivity contribution is 7.88. The molecule has 0 radical (unpaired) electrons. The van der Waals surface area contributed by atoms with E-state index in [0.29, 0.717) is 18.9 Å². The van der Waals surface area contributed by atoms with E-state index in [0.717, 1.165) is 24.2 Å². The molecule has 0 saturated carbocycles. The summed E-state index contributed by atoms with van der Waals surface area (Å²) in [4.78, 5) is 12.8. The fourth-order valence-electron chi connectivity index (χ4n) is 3.33. The maximum atomic E-state index is 12.8. The fourth-order valence-corrected chi connectivity index (χ4v) is 4.24. The van der Waals surface area contributed by atoms with Crippen molar-refractivity contribution in [2.24, 2.45) is 11.8 Å². The smallest absolute Gasteiger partial charge is 0.224 e. The van der Waals surface area contributed by atoms with E-state index >= 15 is 0 Å². The fraction of sp³-hybridized carbons (Fsp3) is 0.632. The van der Waals surface area contributed by atoms with E-state index in [1.807, 2.05) is 24.3 Å². The molecule has 1 aromatic carbocycles. The SMILES string of the molecule is COc1ccc([C@@H](CC(C)C)NC(=O)[C@@H]2CCCN(S(C)(=O)=O)C2)cc1. The van der Waals surface area contributed by atoms with E-state index in [9.17, 15) is 13.2 Å². The molecule has 1 N–H and O–H groups in total. The number of carbonyl (C=O) groups is 1. The van der Waals surface area contributed by atoms with Gasteiger partial charge in [0.2, 0.25) is 15.9 Å². The molecule has 1 fully saturated rings. The number of sulfonamides is 1. The molecule has 1 heterocycles. The first-order valence-corrected chi connectivity index (χ1v) is 10.9. The van der Waals surface area contributed by atoms with Crippen molar-refractivity contribution in [1.29, 1.82) is 0 Å². The minimum Gasteiger partial charge on any atom is -0.497 e. The molecule has 26 heavy (non-hydrogen) atoms. The second kappa shape index (κ2) is 8.86. The van der Waals surface area contributed by atoms with Gasteiger partial charge in [-0.25, -0.2) is 12.7 Å². The number of rotatable bonds is 7. The third-order valence-corrected chi connectivity index (χ3v) is 6.04. The van der Waals surface area contributed by atoms with Crippen molar-refractivity contribution in [1.82, 2.24) is 9.62 Å². The number of hydrogen-bond acceptors (Lipinski definition) is 4. The highest BCUT2D eigenvalue weighted by Crippen LogP contribution is 2.25. The molecule has 146 valence electrons. The lowest BCUT2D eigenvalue weighted by atomic mass is 9.94. The molecule has 0 spiro atoms. The van der Waals surface area contributed by atoms with Gasteiger partial charge in [-0.15, -0.1) is 0 Å². The maximum Gasteiger partial charge on any atom is 0.224 e. The topological polar surface area (TPSA) is 75.7 Å². The number of piperidine rings is 1. The Kier molecular flexibility index (Phi) is 7.06. The molecule has 1 aromatic rings. The minimum absolute atomic E-state index is 0.0696. The number of nitrogens with zero attached hydrogens (tertiary/aromatic N) is 1. The van der Waals surface area contributed by atoms with Crippen molar-refractivity contribution >= 4 is 15.9 Å². The van der Waals surface area contributed by atoms with Gasteiger partial charge in [0, 0.05) is 13.1 Å². The lowest BCUT2D eigenvalue weighted by Gasteiger charge is -2.31. The molecule has 7 heteroatoms. The summed E-state index contributed by atoms with van der Waals surface area (Å²) in [5.74, 6) is 0.826. The van der Waals surface area contributed by atoms with E-state index in [2.05, 4.69) is 19.2 Å². The number of methoxy groups -OCH3 is 1. The number of benzene rings is 1. The Labute approximate surface area is 157 Å². The second-order valence-corrected chi connectivity index (χ2v) is 9.41. The van der Waals surface area contributed by atoms with Gasteiger partial charge in [0.05, 0.1) is 25.3 Å². The molecular weight excluding hydrogens is 352 g/mol. The quantitative estimate of drug-likeness (QED) is 0.786. The van der Waals surface area contributed by atoms with Crippen molar-refractivity contribution in [2.75, 3.05) is 26.5 Å². The monoisotopic (exact) mass is 382 g/mol. The Morgan fingerprint density at radius 3 is 2.50 bits per heavy atom. The zero-order valence-electron chi connectivity index (χ0n) is 16.1. The number of ether oxygens (including phenoxy) is 1. The Morgan fingerprint density at radius 2 is 1.96 bits per heavy atom. The Balaban J connectivity index is 2.10. The van der Waals surface area contributed by atoms with Crippen LogP contribution in [-0.2, 0) is 14.8 Å².